The van der Waals surface area contributed by atoms with Crippen LogP contribution in [-0.2, 0) is 0 Å². The Morgan fingerprint density at radius 2 is 1.95 bits per heavy atom. The van der Waals surface area contributed by atoms with Gasteiger partial charge in [-0.2, -0.15) is 0 Å². The lowest BCUT2D eigenvalue weighted by Crippen LogP contribution is -2.26. The van der Waals surface area contributed by atoms with Crippen LogP contribution in [0.1, 0.15) is 55.9 Å². The van der Waals surface area contributed by atoms with Crippen LogP contribution in [0.5, 0.6) is 0 Å². The molecule has 106 valence electrons. The monoisotopic (exact) mass is 283 g/mol. The lowest BCUT2D eigenvalue weighted by molar-refractivity contribution is 0.0948. The summed E-state index contributed by atoms with van der Waals surface area (Å²) in [5.41, 5.74) is 5.74. The molecule has 0 saturated heterocycles. The van der Waals surface area contributed by atoms with Crippen LogP contribution >= 0.6 is 11.6 Å². The van der Waals surface area contributed by atoms with E-state index in [9.17, 15) is 4.79 Å². The van der Waals surface area contributed by atoms with Crippen LogP contribution in [0.15, 0.2) is 12.1 Å². The van der Waals surface area contributed by atoms with Gasteiger partial charge in [0.25, 0.3) is 5.91 Å². The summed E-state index contributed by atoms with van der Waals surface area (Å²) in [5.74, 6) is 0.0416. The van der Waals surface area contributed by atoms with E-state index in [1.165, 1.54) is 25.7 Å². The number of pyridine rings is 1. The van der Waals surface area contributed by atoms with Crippen LogP contribution in [0.2, 0.25) is 5.02 Å². The van der Waals surface area contributed by atoms with Gasteiger partial charge in [-0.15, -0.1) is 0 Å². The van der Waals surface area contributed by atoms with Gasteiger partial charge in [0.2, 0.25) is 0 Å². The van der Waals surface area contributed by atoms with Crippen LogP contribution in [0.4, 0.5) is 5.82 Å². The quantitative estimate of drug-likeness (QED) is 0.719. The average Bonchev–Trinajstić information content (AvgIpc) is 2.40. The molecule has 0 aliphatic rings. The molecule has 1 amide bonds. The second-order valence-electron chi connectivity index (χ2n) is 4.59. The predicted octanol–water partition coefficient (Wildman–Crippen LogP) is 3.41. The van der Waals surface area contributed by atoms with Crippen molar-refractivity contribution in [3.8, 4) is 0 Å². The van der Waals surface area contributed by atoms with Crippen molar-refractivity contribution in [2.45, 2.75) is 45.4 Å². The number of carbonyl (C=O) groups is 1. The average molecular weight is 284 g/mol. The van der Waals surface area contributed by atoms with Crippen molar-refractivity contribution >= 4 is 23.3 Å². The van der Waals surface area contributed by atoms with Gasteiger partial charge < -0.3 is 11.1 Å². The van der Waals surface area contributed by atoms with Crippen molar-refractivity contribution in [1.29, 1.82) is 0 Å². The van der Waals surface area contributed by atoms with Crippen LogP contribution < -0.4 is 11.1 Å². The molecule has 0 unspecified atom stereocenters. The smallest absolute Gasteiger partial charge is 0.271 e. The predicted molar refractivity (Wildman–Crippen MR) is 79.4 cm³/mol. The number of unbranched alkanes of at least 4 members (excludes halogenated alkanes) is 5. The maximum Gasteiger partial charge on any atom is 0.271 e. The molecule has 5 heteroatoms. The standard InChI is InChI=1S/C14H22ClN3O/c1-2-3-4-5-6-7-10-17-14(19)13-11(15)8-9-12(16)18-13/h8-9H,2-7,10H2,1H3,(H2,16,18)(H,17,19). The number of amides is 1. The Morgan fingerprint density at radius 3 is 2.68 bits per heavy atom. The molecule has 0 radical (unpaired) electrons. The summed E-state index contributed by atoms with van der Waals surface area (Å²) >= 11 is 5.91. The molecule has 0 aliphatic heterocycles. The first kappa shape index (κ1) is 15.8. The fourth-order valence-electron chi connectivity index (χ4n) is 1.81. The molecule has 1 heterocycles. The van der Waals surface area contributed by atoms with Gasteiger partial charge in [-0.25, -0.2) is 4.98 Å². The summed E-state index contributed by atoms with van der Waals surface area (Å²) in [4.78, 5) is 15.8. The molecule has 1 aromatic rings. The molecule has 4 nitrogen and oxygen atoms in total. The lowest BCUT2D eigenvalue weighted by Gasteiger charge is -2.06. The summed E-state index contributed by atoms with van der Waals surface area (Å²) in [6.45, 7) is 2.85. The van der Waals surface area contributed by atoms with Crippen LogP contribution in [0.25, 0.3) is 0 Å². The van der Waals surface area contributed by atoms with Crippen LogP contribution in [-0.4, -0.2) is 17.4 Å². The summed E-state index contributed by atoms with van der Waals surface area (Å²) in [6.07, 6.45) is 7.15. The molecule has 0 spiro atoms. The van der Waals surface area contributed by atoms with Crippen molar-refractivity contribution in [3.05, 3.63) is 22.8 Å². The minimum absolute atomic E-state index is 0.202. The van der Waals surface area contributed by atoms with Crippen molar-refractivity contribution in [2.75, 3.05) is 12.3 Å². The fourth-order valence-corrected chi connectivity index (χ4v) is 2.00. The Balaban J connectivity index is 2.26. The van der Waals surface area contributed by atoms with Crippen molar-refractivity contribution in [3.63, 3.8) is 0 Å². The molecule has 19 heavy (non-hydrogen) atoms. The van der Waals surface area contributed by atoms with Gasteiger partial charge in [0.15, 0.2) is 0 Å². The lowest BCUT2D eigenvalue weighted by atomic mass is 10.1. The maximum absolute atomic E-state index is 11.8. The van der Waals surface area contributed by atoms with Gasteiger partial charge in [-0.1, -0.05) is 50.6 Å². The number of anilines is 1. The molecule has 0 aromatic carbocycles. The number of nitrogens with one attached hydrogen (secondary N) is 1. The number of rotatable bonds is 8. The third-order valence-electron chi connectivity index (χ3n) is 2.90. The third kappa shape index (κ3) is 5.92. The molecular weight excluding hydrogens is 262 g/mol. The van der Waals surface area contributed by atoms with Crippen LogP contribution in [0, 0.1) is 0 Å². The molecule has 0 bridgehead atoms. The number of halogens is 1. The van der Waals surface area contributed by atoms with Gasteiger partial charge in [0.1, 0.15) is 11.5 Å². The highest BCUT2D eigenvalue weighted by Gasteiger charge is 2.11. The molecular formula is C14H22ClN3O. The van der Waals surface area contributed by atoms with E-state index in [1.807, 2.05) is 0 Å². The van der Waals surface area contributed by atoms with E-state index < -0.39 is 0 Å². The van der Waals surface area contributed by atoms with Gasteiger partial charge in [0.05, 0.1) is 5.02 Å². The molecule has 0 fully saturated rings. The number of hydrogen-bond acceptors (Lipinski definition) is 3. The van der Waals surface area contributed by atoms with Gasteiger partial charge in [-0.3, -0.25) is 4.79 Å². The molecule has 0 aliphatic carbocycles. The number of nitrogens with two attached hydrogens (primary N) is 1. The summed E-state index contributed by atoms with van der Waals surface area (Å²) in [6, 6.07) is 3.16. The number of nitrogen functional groups attached to an aromatic ring is 1. The second-order valence-corrected chi connectivity index (χ2v) is 5.00. The minimum Gasteiger partial charge on any atom is -0.384 e. The first-order valence-corrected chi connectivity index (χ1v) is 7.23. The van der Waals surface area contributed by atoms with Crippen molar-refractivity contribution in [1.82, 2.24) is 10.3 Å². The fraction of sp³-hybridized carbons (Fsp3) is 0.571. The molecule has 1 rings (SSSR count). The number of hydrogen-bond donors (Lipinski definition) is 2. The largest absolute Gasteiger partial charge is 0.384 e. The Bertz CT molecular complexity index is 410. The van der Waals surface area contributed by atoms with Gasteiger partial charge >= 0.3 is 0 Å². The maximum atomic E-state index is 11.8. The van der Waals surface area contributed by atoms with E-state index in [0.29, 0.717) is 17.4 Å². The third-order valence-corrected chi connectivity index (χ3v) is 3.20. The van der Waals surface area contributed by atoms with Crippen LogP contribution in [0.3, 0.4) is 0 Å². The summed E-state index contributed by atoms with van der Waals surface area (Å²) in [5, 5.41) is 3.14. The van der Waals surface area contributed by atoms with E-state index in [0.717, 1.165) is 12.8 Å². The van der Waals surface area contributed by atoms with E-state index >= 15 is 0 Å². The topological polar surface area (TPSA) is 68.0 Å². The number of nitrogens with zero attached hydrogens (tertiary/aromatic N) is 1. The Morgan fingerprint density at radius 1 is 1.26 bits per heavy atom. The van der Waals surface area contributed by atoms with E-state index in [4.69, 9.17) is 17.3 Å². The second kappa shape index (κ2) is 8.75. The van der Waals surface area contributed by atoms with Gasteiger partial charge in [-0.05, 0) is 18.6 Å². The Hall–Kier alpha value is -1.29. The zero-order valence-electron chi connectivity index (χ0n) is 11.4. The normalized spacial score (nSPS) is 10.4. The summed E-state index contributed by atoms with van der Waals surface area (Å²) in [7, 11) is 0. The van der Waals surface area contributed by atoms with Gasteiger partial charge in [0, 0.05) is 6.54 Å². The van der Waals surface area contributed by atoms with E-state index in [-0.39, 0.29) is 11.6 Å². The van der Waals surface area contributed by atoms with E-state index in [1.54, 1.807) is 12.1 Å². The molecule has 1 aromatic heterocycles. The van der Waals surface area contributed by atoms with Crippen molar-refractivity contribution < 1.29 is 4.79 Å². The molecule has 3 N–H and O–H groups in total. The Kier molecular flexibility index (Phi) is 7.26. The first-order valence-electron chi connectivity index (χ1n) is 6.85. The number of aromatic nitrogens is 1. The number of carbonyl (C=O) groups excluding carboxylic acids is 1. The first-order chi connectivity index (χ1) is 9.15. The zero-order valence-corrected chi connectivity index (χ0v) is 12.2. The zero-order chi connectivity index (χ0) is 14.1. The SMILES string of the molecule is CCCCCCCCNC(=O)c1nc(N)ccc1Cl. The van der Waals surface area contributed by atoms with Crippen molar-refractivity contribution in [2.24, 2.45) is 0 Å². The molecule has 0 saturated carbocycles. The minimum atomic E-state index is -0.258. The highest BCUT2D eigenvalue weighted by molar-refractivity contribution is 6.33. The molecule has 0 atom stereocenters. The highest BCUT2D eigenvalue weighted by Crippen LogP contribution is 2.15. The highest BCUT2D eigenvalue weighted by atomic mass is 35.5. The summed E-state index contributed by atoms with van der Waals surface area (Å²) < 4.78 is 0. The Labute approximate surface area is 119 Å². The van der Waals surface area contributed by atoms with E-state index in [2.05, 4.69) is 17.2 Å².